The third-order valence-electron chi connectivity index (χ3n) is 3.77. The highest BCUT2D eigenvalue weighted by atomic mass is 16.3. The second kappa shape index (κ2) is 5.74. The van der Waals surface area contributed by atoms with Gasteiger partial charge in [0.2, 0.25) is 0 Å². The second-order valence-corrected chi connectivity index (χ2v) is 4.93. The highest BCUT2D eigenvalue weighted by molar-refractivity contribution is 5.62. The first-order valence-corrected chi connectivity index (χ1v) is 6.39. The number of benzene rings is 1. The van der Waals surface area contributed by atoms with Crippen LogP contribution in [-0.2, 0) is 0 Å². The zero-order valence-electron chi connectivity index (χ0n) is 10.4. The predicted molar refractivity (Wildman–Crippen MR) is 72.0 cm³/mol. The lowest BCUT2D eigenvalue weighted by Gasteiger charge is -2.19. The van der Waals surface area contributed by atoms with E-state index in [4.69, 9.17) is 11.0 Å². The lowest BCUT2D eigenvalue weighted by Crippen LogP contribution is -2.21. The molecule has 0 spiro atoms. The molecule has 0 aliphatic heterocycles. The summed E-state index contributed by atoms with van der Waals surface area (Å²) in [7, 11) is 0. The summed E-state index contributed by atoms with van der Waals surface area (Å²) in [5, 5.41) is 21.6. The normalized spacial score (nSPS) is 22.7. The van der Waals surface area contributed by atoms with Crippen LogP contribution < -0.4 is 11.1 Å². The molecular formula is C14H19N3O. The number of nitrogens with two attached hydrogens (primary N) is 1. The van der Waals surface area contributed by atoms with Gasteiger partial charge in [0.25, 0.3) is 0 Å². The van der Waals surface area contributed by atoms with Gasteiger partial charge in [-0.25, -0.2) is 0 Å². The van der Waals surface area contributed by atoms with Gasteiger partial charge in [0, 0.05) is 18.8 Å². The van der Waals surface area contributed by atoms with E-state index in [9.17, 15) is 5.11 Å². The quantitative estimate of drug-likeness (QED) is 0.708. The van der Waals surface area contributed by atoms with E-state index in [1.165, 1.54) is 6.42 Å². The molecule has 2 unspecified atom stereocenters. The van der Waals surface area contributed by atoms with Gasteiger partial charge in [0.1, 0.15) is 6.07 Å². The smallest absolute Gasteiger partial charge is 0.101 e. The Balaban J connectivity index is 2.00. The van der Waals surface area contributed by atoms with Gasteiger partial charge in [0.05, 0.1) is 11.3 Å². The van der Waals surface area contributed by atoms with E-state index in [2.05, 4.69) is 11.4 Å². The number of rotatable bonds is 4. The molecule has 0 radical (unpaired) electrons. The third-order valence-corrected chi connectivity index (χ3v) is 3.77. The zero-order chi connectivity index (χ0) is 13.0. The number of hydrogen-bond acceptors (Lipinski definition) is 4. The van der Waals surface area contributed by atoms with Crippen molar-refractivity contribution in [1.82, 2.24) is 0 Å². The Morgan fingerprint density at radius 3 is 2.89 bits per heavy atom. The van der Waals surface area contributed by atoms with Crippen molar-refractivity contribution in [2.24, 2.45) is 11.8 Å². The third kappa shape index (κ3) is 2.74. The van der Waals surface area contributed by atoms with Crippen LogP contribution in [0.5, 0.6) is 0 Å². The first-order valence-electron chi connectivity index (χ1n) is 6.39. The topological polar surface area (TPSA) is 82.1 Å². The minimum Gasteiger partial charge on any atom is -0.399 e. The fourth-order valence-corrected chi connectivity index (χ4v) is 2.67. The molecule has 1 saturated carbocycles. The van der Waals surface area contributed by atoms with Gasteiger partial charge in [0.15, 0.2) is 0 Å². The fraction of sp³-hybridized carbons (Fsp3) is 0.500. The van der Waals surface area contributed by atoms with Crippen molar-refractivity contribution < 1.29 is 5.11 Å². The second-order valence-electron chi connectivity index (χ2n) is 4.93. The van der Waals surface area contributed by atoms with E-state index in [0.717, 1.165) is 25.1 Å². The van der Waals surface area contributed by atoms with E-state index >= 15 is 0 Å². The van der Waals surface area contributed by atoms with Crippen LogP contribution in [0.4, 0.5) is 11.4 Å². The number of aliphatic hydroxyl groups excluding tert-OH is 1. The summed E-state index contributed by atoms with van der Waals surface area (Å²) in [5.74, 6) is 0.899. The number of hydrogen-bond donors (Lipinski definition) is 3. The molecule has 4 N–H and O–H groups in total. The molecule has 96 valence electrons. The molecule has 1 aliphatic carbocycles. The van der Waals surface area contributed by atoms with Crippen molar-refractivity contribution in [1.29, 1.82) is 5.26 Å². The summed E-state index contributed by atoms with van der Waals surface area (Å²) in [5.41, 5.74) is 7.66. The molecule has 1 fully saturated rings. The van der Waals surface area contributed by atoms with E-state index in [0.29, 0.717) is 23.1 Å². The molecule has 4 nitrogen and oxygen atoms in total. The zero-order valence-corrected chi connectivity index (χ0v) is 10.4. The van der Waals surface area contributed by atoms with E-state index < -0.39 is 0 Å². The Bertz CT molecular complexity index is 453. The molecule has 0 bridgehead atoms. The van der Waals surface area contributed by atoms with Crippen LogP contribution in [0.25, 0.3) is 0 Å². The summed E-state index contributed by atoms with van der Waals surface area (Å²) in [4.78, 5) is 0. The maximum Gasteiger partial charge on any atom is 0.101 e. The van der Waals surface area contributed by atoms with Gasteiger partial charge in [-0.05, 0) is 42.9 Å². The van der Waals surface area contributed by atoms with Gasteiger partial charge >= 0.3 is 0 Å². The molecule has 1 aromatic rings. The lowest BCUT2D eigenvalue weighted by molar-refractivity contribution is 0.199. The molecule has 0 amide bonds. The van der Waals surface area contributed by atoms with Crippen LogP contribution in [0.2, 0.25) is 0 Å². The maximum absolute atomic E-state index is 9.27. The summed E-state index contributed by atoms with van der Waals surface area (Å²) >= 11 is 0. The Morgan fingerprint density at radius 1 is 1.39 bits per heavy atom. The number of nitrogens with zero attached hydrogens (tertiary/aromatic N) is 1. The van der Waals surface area contributed by atoms with E-state index in [1.807, 2.05) is 6.07 Å². The SMILES string of the molecule is N#Cc1cc(N)ccc1NCC1CCCC1CO. The van der Waals surface area contributed by atoms with Gasteiger partial charge in [-0.2, -0.15) is 5.26 Å². The van der Waals surface area contributed by atoms with Crippen LogP contribution in [-0.4, -0.2) is 18.3 Å². The van der Waals surface area contributed by atoms with Crippen LogP contribution in [0.3, 0.4) is 0 Å². The molecule has 1 aromatic carbocycles. The number of nitriles is 1. The van der Waals surface area contributed by atoms with Crippen molar-refractivity contribution in [2.45, 2.75) is 19.3 Å². The van der Waals surface area contributed by atoms with Crippen LogP contribution in [0.15, 0.2) is 18.2 Å². The molecule has 0 heterocycles. The van der Waals surface area contributed by atoms with Gasteiger partial charge in [-0.3, -0.25) is 0 Å². The van der Waals surface area contributed by atoms with Crippen LogP contribution >= 0.6 is 0 Å². The summed E-state index contributed by atoms with van der Waals surface area (Å²) in [6.07, 6.45) is 3.44. The van der Waals surface area contributed by atoms with E-state index in [-0.39, 0.29) is 6.61 Å². The fourth-order valence-electron chi connectivity index (χ4n) is 2.67. The minimum absolute atomic E-state index is 0.263. The van der Waals surface area contributed by atoms with Crippen LogP contribution in [0, 0.1) is 23.2 Å². The molecular weight excluding hydrogens is 226 g/mol. The van der Waals surface area contributed by atoms with E-state index in [1.54, 1.807) is 12.1 Å². The molecule has 4 heteroatoms. The largest absolute Gasteiger partial charge is 0.399 e. The molecule has 2 atom stereocenters. The summed E-state index contributed by atoms with van der Waals surface area (Å²) in [6, 6.07) is 7.46. The average Bonchev–Trinajstić information content (AvgIpc) is 2.84. The van der Waals surface area contributed by atoms with Crippen molar-refractivity contribution in [3.63, 3.8) is 0 Å². The Labute approximate surface area is 107 Å². The lowest BCUT2D eigenvalue weighted by atomic mass is 9.97. The Morgan fingerprint density at radius 2 is 2.17 bits per heavy atom. The van der Waals surface area contributed by atoms with Crippen molar-refractivity contribution in [3.8, 4) is 6.07 Å². The van der Waals surface area contributed by atoms with Gasteiger partial charge in [-0.1, -0.05) is 6.42 Å². The first kappa shape index (κ1) is 12.7. The highest BCUT2D eigenvalue weighted by Gasteiger charge is 2.26. The average molecular weight is 245 g/mol. The maximum atomic E-state index is 9.27. The monoisotopic (exact) mass is 245 g/mol. The number of nitrogen functional groups attached to an aromatic ring is 1. The van der Waals surface area contributed by atoms with Crippen molar-refractivity contribution >= 4 is 11.4 Å². The van der Waals surface area contributed by atoms with Crippen molar-refractivity contribution in [3.05, 3.63) is 23.8 Å². The van der Waals surface area contributed by atoms with Crippen LogP contribution in [0.1, 0.15) is 24.8 Å². The number of aliphatic hydroxyl groups is 1. The number of anilines is 2. The molecule has 0 saturated heterocycles. The van der Waals surface area contributed by atoms with Crippen molar-refractivity contribution in [2.75, 3.05) is 24.2 Å². The Hall–Kier alpha value is -1.73. The first-order chi connectivity index (χ1) is 8.74. The van der Waals surface area contributed by atoms with Gasteiger partial charge in [-0.15, -0.1) is 0 Å². The standard InChI is InChI=1S/C14H19N3O/c15-7-12-6-13(16)4-5-14(12)17-8-10-2-1-3-11(10)9-18/h4-6,10-11,17-18H,1-3,8-9,16H2. The molecule has 0 aromatic heterocycles. The predicted octanol–water partition coefficient (Wildman–Crippen LogP) is 1.96. The summed E-state index contributed by atoms with van der Waals surface area (Å²) < 4.78 is 0. The van der Waals surface area contributed by atoms with Gasteiger partial charge < -0.3 is 16.2 Å². The minimum atomic E-state index is 0.263. The summed E-state index contributed by atoms with van der Waals surface area (Å²) in [6.45, 7) is 1.07. The Kier molecular flexibility index (Phi) is 4.06. The molecule has 18 heavy (non-hydrogen) atoms. The number of nitrogens with one attached hydrogen (secondary N) is 1. The molecule has 1 aliphatic rings. The molecule has 2 rings (SSSR count). The highest BCUT2D eigenvalue weighted by Crippen LogP contribution is 2.31.